The van der Waals surface area contributed by atoms with Gasteiger partial charge in [0.25, 0.3) is 5.91 Å². The highest BCUT2D eigenvalue weighted by molar-refractivity contribution is 8.18. The van der Waals surface area contributed by atoms with Crippen molar-refractivity contribution in [2.24, 2.45) is 4.99 Å². The van der Waals surface area contributed by atoms with Crippen LogP contribution in [0.5, 0.6) is 11.5 Å². The summed E-state index contributed by atoms with van der Waals surface area (Å²) in [6.45, 7) is 1.95. The number of aryl methyl sites for hydroxylation is 1. The fourth-order valence-corrected chi connectivity index (χ4v) is 5.56. The average molecular weight is 444 g/mol. The summed E-state index contributed by atoms with van der Waals surface area (Å²) in [7, 11) is 3.22. The Bertz CT molecular complexity index is 993. The minimum absolute atomic E-state index is 0.0220. The van der Waals surface area contributed by atoms with Gasteiger partial charge in [0, 0.05) is 11.4 Å². The van der Waals surface area contributed by atoms with E-state index in [2.05, 4.69) is 4.98 Å². The Labute approximate surface area is 185 Å². The maximum absolute atomic E-state index is 13.4. The molecule has 0 bridgehead atoms. The highest BCUT2D eigenvalue weighted by atomic mass is 32.2. The fourth-order valence-electron chi connectivity index (χ4n) is 3.79. The van der Waals surface area contributed by atoms with E-state index in [9.17, 15) is 4.79 Å². The minimum atomic E-state index is 0.0220. The molecule has 0 radical (unpaired) electrons. The molecule has 0 spiro atoms. The van der Waals surface area contributed by atoms with Crippen molar-refractivity contribution in [1.82, 2.24) is 9.88 Å². The van der Waals surface area contributed by atoms with Gasteiger partial charge in [-0.15, -0.1) is 11.3 Å². The summed E-state index contributed by atoms with van der Waals surface area (Å²) in [6.07, 6.45) is 7.48. The number of aromatic nitrogens is 1. The summed E-state index contributed by atoms with van der Waals surface area (Å²) in [4.78, 5) is 25.1. The molecule has 6 nitrogen and oxygen atoms in total. The smallest absolute Gasteiger partial charge is 0.267 e. The predicted octanol–water partition coefficient (Wildman–Crippen LogP) is 5.41. The van der Waals surface area contributed by atoms with E-state index in [1.165, 1.54) is 29.5 Å². The summed E-state index contributed by atoms with van der Waals surface area (Å²) < 4.78 is 10.7. The molecule has 1 aliphatic carbocycles. The van der Waals surface area contributed by atoms with E-state index in [0.717, 1.165) is 42.1 Å². The molecule has 1 aromatic carbocycles. The van der Waals surface area contributed by atoms with Crippen LogP contribution in [0.4, 0.5) is 5.13 Å². The molecule has 1 saturated heterocycles. The lowest BCUT2D eigenvalue weighted by Crippen LogP contribution is -2.40. The number of amides is 1. The van der Waals surface area contributed by atoms with Crippen LogP contribution in [0.25, 0.3) is 6.08 Å². The molecule has 1 amide bonds. The largest absolute Gasteiger partial charge is 0.493 e. The number of carbonyl (C=O) groups excluding carboxylic acids is 1. The van der Waals surface area contributed by atoms with Crippen molar-refractivity contribution in [1.29, 1.82) is 0 Å². The number of benzene rings is 1. The van der Waals surface area contributed by atoms with E-state index in [1.807, 2.05) is 41.5 Å². The van der Waals surface area contributed by atoms with Gasteiger partial charge < -0.3 is 9.47 Å². The molecule has 2 heterocycles. The molecule has 1 aromatic heterocycles. The third-order valence-electron chi connectivity index (χ3n) is 5.28. The van der Waals surface area contributed by atoms with Crippen molar-refractivity contribution in [3.8, 4) is 11.5 Å². The van der Waals surface area contributed by atoms with Crippen molar-refractivity contribution in [2.45, 2.75) is 45.1 Å². The van der Waals surface area contributed by atoms with Crippen molar-refractivity contribution < 1.29 is 14.3 Å². The highest BCUT2D eigenvalue weighted by Crippen LogP contribution is 2.39. The average Bonchev–Trinajstić information content (AvgIpc) is 3.31. The Morgan fingerprint density at radius 2 is 1.93 bits per heavy atom. The number of thioether (sulfide) groups is 1. The first-order chi connectivity index (χ1) is 14.6. The molecule has 1 aliphatic heterocycles. The molecule has 30 heavy (non-hydrogen) atoms. The molecule has 8 heteroatoms. The highest BCUT2D eigenvalue weighted by Gasteiger charge is 2.38. The summed E-state index contributed by atoms with van der Waals surface area (Å²) in [5.41, 5.74) is 1.83. The number of carbonyl (C=O) groups is 1. The number of ether oxygens (including phenoxy) is 2. The Hall–Kier alpha value is -2.32. The van der Waals surface area contributed by atoms with Crippen LogP contribution in [0.1, 0.15) is 43.4 Å². The van der Waals surface area contributed by atoms with Gasteiger partial charge in [-0.25, -0.2) is 4.98 Å². The normalized spacial score (nSPS) is 20.4. The van der Waals surface area contributed by atoms with Crippen LogP contribution in [-0.4, -0.2) is 41.2 Å². The summed E-state index contributed by atoms with van der Waals surface area (Å²) >= 11 is 2.93. The van der Waals surface area contributed by atoms with Gasteiger partial charge in [0.15, 0.2) is 16.7 Å². The predicted molar refractivity (Wildman–Crippen MR) is 123 cm³/mol. The number of thiazole rings is 1. The number of amidine groups is 1. The van der Waals surface area contributed by atoms with E-state index in [0.29, 0.717) is 21.5 Å². The minimum Gasteiger partial charge on any atom is -0.493 e. The number of rotatable bonds is 5. The van der Waals surface area contributed by atoms with Crippen LogP contribution in [0.15, 0.2) is 33.5 Å². The van der Waals surface area contributed by atoms with Crippen LogP contribution < -0.4 is 9.47 Å². The Kier molecular flexibility index (Phi) is 6.43. The van der Waals surface area contributed by atoms with Crippen LogP contribution in [0, 0.1) is 6.92 Å². The van der Waals surface area contributed by atoms with Gasteiger partial charge >= 0.3 is 0 Å². The van der Waals surface area contributed by atoms with Gasteiger partial charge in [0.2, 0.25) is 5.13 Å². The molecular formula is C22H25N3O3S2. The molecule has 1 saturated carbocycles. The van der Waals surface area contributed by atoms with Crippen LogP contribution in [0.2, 0.25) is 0 Å². The zero-order chi connectivity index (χ0) is 21.1. The topological polar surface area (TPSA) is 64.0 Å². The first kappa shape index (κ1) is 20.9. The van der Waals surface area contributed by atoms with Crippen molar-refractivity contribution in [3.63, 3.8) is 0 Å². The second kappa shape index (κ2) is 9.22. The second-order valence-electron chi connectivity index (χ2n) is 7.36. The molecule has 4 rings (SSSR count). The SMILES string of the molecule is COc1ccc(/C=C2\S/C(=N/c3nc(C)cs3)N(C3CCCCC3)C2=O)cc1OC. The number of hydrogen-bond acceptors (Lipinski definition) is 7. The quantitative estimate of drug-likeness (QED) is 0.579. The van der Waals surface area contributed by atoms with Gasteiger partial charge in [-0.1, -0.05) is 25.3 Å². The van der Waals surface area contributed by atoms with Crippen molar-refractivity contribution >= 4 is 45.4 Å². The number of methoxy groups -OCH3 is 2. The molecule has 0 unspecified atom stereocenters. The molecule has 2 aromatic rings. The van der Waals surface area contributed by atoms with Gasteiger partial charge in [-0.05, 0) is 55.3 Å². The van der Waals surface area contributed by atoms with E-state index in [4.69, 9.17) is 14.5 Å². The fraction of sp³-hybridized carbons (Fsp3) is 0.409. The first-order valence-corrected chi connectivity index (χ1v) is 11.7. The number of nitrogens with zero attached hydrogens (tertiary/aromatic N) is 3. The maximum Gasteiger partial charge on any atom is 0.267 e. The van der Waals surface area contributed by atoms with Gasteiger partial charge in [0.1, 0.15) is 0 Å². The van der Waals surface area contributed by atoms with E-state index >= 15 is 0 Å². The lowest BCUT2D eigenvalue weighted by Gasteiger charge is -2.30. The van der Waals surface area contributed by atoms with Gasteiger partial charge in [0.05, 0.1) is 24.8 Å². The van der Waals surface area contributed by atoms with E-state index < -0.39 is 0 Å². The van der Waals surface area contributed by atoms with Gasteiger partial charge in [-0.3, -0.25) is 9.69 Å². The van der Waals surface area contributed by atoms with Crippen LogP contribution >= 0.6 is 23.1 Å². The maximum atomic E-state index is 13.4. The number of aliphatic imine (C=N–C) groups is 1. The van der Waals surface area contributed by atoms with E-state index in [1.54, 1.807) is 14.2 Å². The number of hydrogen-bond donors (Lipinski definition) is 0. The second-order valence-corrected chi connectivity index (χ2v) is 9.20. The third-order valence-corrected chi connectivity index (χ3v) is 7.12. The molecular weight excluding hydrogens is 418 g/mol. The zero-order valence-electron chi connectivity index (χ0n) is 17.4. The summed E-state index contributed by atoms with van der Waals surface area (Å²) in [5.74, 6) is 1.32. The van der Waals surface area contributed by atoms with Crippen LogP contribution in [-0.2, 0) is 4.79 Å². The van der Waals surface area contributed by atoms with Crippen molar-refractivity contribution in [3.05, 3.63) is 39.7 Å². The molecule has 2 fully saturated rings. The molecule has 158 valence electrons. The lowest BCUT2D eigenvalue weighted by molar-refractivity contribution is -0.124. The Morgan fingerprint density at radius 3 is 2.60 bits per heavy atom. The van der Waals surface area contributed by atoms with E-state index in [-0.39, 0.29) is 11.9 Å². The molecule has 0 N–H and O–H groups in total. The molecule has 0 atom stereocenters. The zero-order valence-corrected chi connectivity index (χ0v) is 19.0. The van der Waals surface area contributed by atoms with Crippen molar-refractivity contribution in [2.75, 3.05) is 14.2 Å². The Balaban J connectivity index is 1.68. The van der Waals surface area contributed by atoms with Crippen LogP contribution in [0.3, 0.4) is 0 Å². The monoisotopic (exact) mass is 443 g/mol. The third kappa shape index (κ3) is 4.39. The van der Waals surface area contributed by atoms with Gasteiger partial charge in [-0.2, -0.15) is 4.99 Å². The Morgan fingerprint density at radius 1 is 1.17 bits per heavy atom. The molecule has 2 aliphatic rings. The summed E-state index contributed by atoms with van der Waals surface area (Å²) in [6, 6.07) is 5.85. The lowest BCUT2D eigenvalue weighted by atomic mass is 9.94. The first-order valence-electron chi connectivity index (χ1n) is 10.0. The standard InChI is InChI=1S/C22H25N3O3S2/c1-14-13-29-21(23-14)24-22-25(16-7-5-4-6-8-16)20(26)19(30-22)12-15-9-10-17(27-2)18(11-15)28-3/h9-13,16H,4-8H2,1-3H3/b19-12-,24-22+. The summed E-state index contributed by atoms with van der Waals surface area (Å²) in [5, 5.41) is 3.40.